The average Bonchev–Trinajstić information content (AvgIpc) is 3.11. The maximum Gasteiger partial charge on any atom is 0.175 e. The van der Waals surface area contributed by atoms with E-state index in [0.717, 1.165) is 22.6 Å². The molecule has 2 N–H and O–H groups in total. The van der Waals surface area contributed by atoms with Gasteiger partial charge in [-0.2, -0.15) is 10.2 Å². The van der Waals surface area contributed by atoms with E-state index in [1.165, 1.54) is 12.1 Å². The van der Waals surface area contributed by atoms with Crippen LogP contribution in [0.15, 0.2) is 42.9 Å². The van der Waals surface area contributed by atoms with Crippen molar-refractivity contribution in [3.8, 4) is 0 Å². The predicted molar refractivity (Wildman–Crippen MR) is 95.5 cm³/mol. The van der Waals surface area contributed by atoms with Crippen LogP contribution in [0.25, 0.3) is 0 Å². The van der Waals surface area contributed by atoms with Crippen LogP contribution in [0.3, 0.4) is 0 Å². The Morgan fingerprint density at radius 1 is 1.17 bits per heavy atom. The molecule has 0 spiro atoms. The van der Waals surface area contributed by atoms with Gasteiger partial charge in [-0.15, -0.1) is 0 Å². The van der Waals surface area contributed by atoms with E-state index >= 15 is 0 Å². The maximum absolute atomic E-state index is 12.9. The standard InChI is InChI=1S/C16H17FN6S/c1-11-15(8-18-22(11)2)21-16(24)20-14-7-19-23(10-14)9-12-3-5-13(17)6-4-12/h3-8,10H,9H2,1-2H3,(H2,20,21,24). The van der Waals surface area contributed by atoms with Crippen LogP contribution in [0.5, 0.6) is 0 Å². The smallest absolute Gasteiger partial charge is 0.175 e. The molecule has 3 aromatic rings. The van der Waals surface area contributed by atoms with Gasteiger partial charge in [-0.1, -0.05) is 12.1 Å². The highest BCUT2D eigenvalue weighted by Crippen LogP contribution is 2.14. The molecule has 124 valence electrons. The number of halogens is 1. The zero-order chi connectivity index (χ0) is 17.1. The monoisotopic (exact) mass is 344 g/mol. The molecule has 24 heavy (non-hydrogen) atoms. The second kappa shape index (κ2) is 6.79. The van der Waals surface area contributed by atoms with E-state index in [-0.39, 0.29) is 5.82 Å². The van der Waals surface area contributed by atoms with Crippen molar-refractivity contribution in [3.05, 3.63) is 59.9 Å². The quantitative estimate of drug-likeness (QED) is 0.713. The molecule has 0 atom stereocenters. The Balaban J connectivity index is 1.60. The molecule has 6 nitrogen and oxygen atoms in total. The predicted octanol–water partition coefficient (Wildman–Crippen LogP) is 2.92. The van der Waals surface area contributed by atoms with Gasteiger partial charge in [-0.05, 0) is 36.8 Å². The van der Waals surface area contributed by atoms with Crippen LogP contribution in [-0.2, 0) is 13.6 Å². The zero-order valence-electron chi connectivity index (χ0n) is 13.3. The van der Waals surface area contributed by atoms with E-state index in [1.54, 1.807) is 33.9 Å². The van der Waals surface area contributed by atoms with Gasteiger partial charge < -0.3 is 10.6 Å². The minimum absolute atomic E-state index is 0.247. The van der Waals surface area contributed by atoms with Gasteiger partial charge in [0.2, 0.25) is 0 Å². The van der Waals surface area contributed by atoms with Gasteiger partial charge >= 0.3 is 0 Å². The molecule has 0 aliphatic carbocycles. The number of benzene rings is 1. The highest BCUT2D eigenvalue weighted by molar-refractivity contribution is 7.80. The highest BCUT2D eigenvalue weighted by Gasteiger charge is 2.07. The van der Waals surface area contributed by atoms with Crippen molar-refractivity contribution in [3.63, 3.8) is 0 Å². The average molecular weight is 344 g/mol. The Labute approximate surface area is 144 Å². The van der Waals surface area contributed by atoms with Crippen LogP contribution in [-0.4, -0.2) is 24.7 Å². The Bertz CT molecular complexity index is 852. The maximum atomic E-state index is 12.9. The molecule has 0 amide bonds. The summed E-state index contributed by atoms with van der Waals surface area (Å²) in [5.41, 5.74) is 3.59. The van der Waals surface area contributed by atoms with Crippen molar-refractivity contribution in [1.29, 1.82) is 0 Å². The summed E-state index contributed by atoms with van der Waals surface area (Å²) in [6.07, 6.45) is 5.25. The Morgan fingerprint density at radius 2 is 1.92 bits per heavy atom. The van der Waals surface area contributed by atoms with Crippen LogP contribution in [0.1, 0.15) is 11.3 Å². The summed E-state index contributed by atoms with van der Waals surface area (Å²) < 4.78 is 16.4. The summed E-state index contributed by atoms with van der Waals surface area (Å²) in [5.74, 6) is -0.247. The van der Waals surface area contributed by atoms with Crippen LogP contribution >= 0.6 is 12.2 Å². The molecule has 0 aliphatic heterocycles. The summed E-state index contributed by atoms with van der Waals surface area (Å²) in [6, 6.07) is 6.35. The van der Waals surface area contributed by atoms with Gasteiger partial charge in [0.1, 0.15) is 5.82 Å². The molecule has 0 saturated heterocycles. The number of nitrogens with one attached hydrogen (secondary N) is 2. The highest BCUT2D eigenvalue weighted by atomic mass is 32.1. The summed E-state index contributed by atoms with van der Waals surface area (Å²) in [6.45, 7) is 2.52. The van der Waals surface area contributed by atoms with E-state index in [0.29, 0.717) is 11.7 Å². The van der Waals surface area contributed by atoms with Gasteiger partial charge in [-0.25, -0.2) is 4.39 Å². The van der Waals surface area contributed by atoms with Gasteiger partial charge in [0.05, 0.1) is 36.0 Å². The minimum Gasteiger partial charge on any atom is -0.330 e. The van der Waals surface area contributed by atoms with Gasteiger partial charge in [-0.3, -0.25) is 9.36 Å². The van der Waals surface area contributed by atoms with E-state index in [2.05, 4.69) is 20.8 Å². The van der Waals surface area contributed by atoms with E-state index in [4.69, 9.17) is 12.2 Å². The van der Waals surface area contributed by atoms with Crippen molar-refractivity contribution in [2.24, 2.45) is 7.05 Å². The number of hydrogen-bond acceptors (Lipinski definition) is 3. The number of aryl methyl sites for hydroxylation is 1. The topological polar surface area (TPSA) is 59.7 Å². The molecule has 2 aromatic heterocycles. The summed E-state index contributed by atoms with van der Waals surface area (Å²) in [5, 5.41) is 15.1. The third-order valence-corrected chi connectivity index (χ3v) is 3.84. The lowest BCUT2D eigenvalue weighted by atomic mass is 10.2. The van der Waals surface area contributed by atoms with Crippen molar-refractivity contribution >= 4 is 28.7 Å². The molecular formula is C16H17FN6S. The number of anilines is 2. The first-order valence-electron chi connectivity index (χ1n) is 7.35. The number of rotatable bonds is 4. The Kier molecular flexibility index (Phi) is 4.57. The fourth-order valence-corrected chi connectivity index (χ4v) is 2.43. The van der Waals surface area contributed by atoms with Gasteiger partial charge in [0, 0.05) is 13.2 Å². The number of thiocarbonyl (C=S) groups is 1. The SMILES string of the molecule is Cc1c(NC(=S)Nc2cnn(Cc3ccc(F)cc3)c2)cnn1C. The molecule has 0 aliphatic rings. The first-order valence-corrected chi connectivity index (χ1v) is 7.75. The van der Waals surface area contributed by atoms with Gasteiger partial charge in [0.25, 0.3) is 0 Å². The molecular weight excluding hydrogens is 327 g/mol. The van der Waals surface area contributed by atoms with E-state index in [1.807, 2.05) is 20.2 Å². The minimum atomic E-state index is -0.247. The number of nitrogens with zero attached hydrogens (tertiary/aromatic N) is 4. The lowest BCUT2D eigenvalue weighted by Crippen LogP contribution is -2.19. The van der Waals surface area contributed by atoms with E-state index < -0.39 is 0 Å². The molecule has 3 rings (SSSR count). The van der Waals surface area contributed by atoms with Crippen molar-refractivity contribution in [2.45, 2.75) is 13.5 Å². The lowest BCUT2D eigenvalue weighted by Gasteiger charge is -2.08. The molecule has 1 aromatic carbocycles. The fourth-order valence-electron chi connectivity index (χ4n) is 2.20. The van der Waals surface area contributed by atoms with Crippen LogP contribution in [0.4, 0.5) is 15.8 Å². The summed E-state index contributed by atoms with van der Waals surface area (Å²) in [7, 11) is 1.87. The molecule has 0 fully saturated rings. The van der Waals surface area contributed by atoms with Crippen LogP contribution < -0.4 is 10.6 Å². The second-order valence-corrected chi connectivity index (χ2v) is 5.81. The largest absolute Gasteiger partial charge is 0.330 e. The normalized spacial score (nSPS) is 10.6. The summed E-state index contributed by atoms with van der Waals surface area (Å²) >= 11 is 5.30. The zero-order valence-corrected chi connectivity index (χ0v) is 14.1. The first kappa shape index (κ1) is 16.1. The molecule has 0 unspecified atom stereocenters. The molecule has 0 radical (unpaired) electrons. The first-order chi connectivity index (χ1) is 11.5. The molecule has 8 heteroatoms. The second-order valence-electron chi connectivity index (χ2n) is 5.40. The van der Waals surface area contributed by atoms with Crippen LogP contribution in [0.2, 0.25) is 0 Å². The lowest BCUT2D eigenvalue weighted by molar-refractivity contribution is 0.624. The third kappa shape index (κ3) is 3.77. The fraction of sp³-hybridized carbons (Fsp3) is 0.188. The number of aromatic nitrogens is 4. The van der Waals surface area contributed by atoms with Crippen LogP contribution in [0, 0.1) is 12.7 Å². The Hall–Kier alpha value is -2.74. The molecule has 0 saturated carbocycles. The van der Waals surface area contributed by atoms with Crippen molar-refractivity contribution < 1.29 is 4.39 Å². The molecule has 2 heterocycles. The van der Waals surface area contributed by atoms with Gasteiger partial charge in [0.15, 0.2) is 5.11 Å². The van der Waals surface area contributed by atoms with Crippen molar-refractivity contribution in [1.82, 2.24) is 19.6 Å². The number of hydrogen-bond donors (Lipinski definition) is 2. The summed E-state index contributed by atoms with van der Waals surface area (Å²) in [4.78, 5) is 0. The van der Waals surface area contributed by atoms with Crippen molar-refractivity contribution in [2.75, 3.05) is 10.6 Å². The Morgan fingerprint density at radius 3 is 2.58 bits per heavy atom. The third-order valence-electron chi connectivity index (χ3n) is 3.63. The molecule has 0 bridgehead atoms. The van der Waals surface area contributed by atoms with E-state index in [9.17, 15) is 4.39 Å².